The van der Waals surface area contributed by atoms with Gasteiger partial charge in [-0.3, -0.25) is 4.79 Å². The van der Waals surface area contributed by atoms with Crippen molar-refractivity contribution in [3.05, 3.63) is 17.8 Å². The molecule has 0 radical (unpaired) electrons. The molecular weight excluding hydrogens is 216 g/mol. The molecule has 3 N–H and O–H groups in total. The van der Waals surface area contributed by atoms with Crippen molar-refractivity contribution in [2.75, 3.05) is 5.73 Å². The standard InChI is InChI=1S/C12H20N4O/c1-3-4-5-6-9(2)14-12(17)10-7-8-11(13)16-15-10/h7-9H,3-6H2,1-2H3,(H2,13,16)(H,14,17). The van der Waals surface area contributed by atoms with Crippen LogP contribution in [-0.4, -0.2) is 22.1 Å². The molecule has 1 atom stereocenters. The van der Waals surface area contributed by atoms with Crippen LogP contribution < -0.4 is 11.1 Å². The van der Waals surface area contributed by atoms with E-state index < -0.39 is 0 Å². The molecule has 0 bridgehead atoms. The third-order valence-electron chi connectivity index (χ3n) is 2.54. The van der Waals surface area contributed by atoms with E-state index in [1.165, 1.54) is 12.8 Å². The fourth-order valence-electron chi connectivity index (χ4n) is 1.53. The van der Waals surface area contributed by atoms with Gasteiger partial charge in [0.05, 0.1) is 0 Å². The lowest BCUT2D eigenvalue weighted by Gasteiger charge is -2.12. The van der Waals surface area contributed by atoms with Crippen LogP contribution in [0.1, 0.15) is 50.0 Å². The minimum absolute atomic E-state index is 0.161. The molecule has 0 aliphatic rings. The summed E-state index contributed by atoms with van der Waals surface area (Å²) in [6.45, 7) is 4.16. The number of anilines is 1. The Labute approximate surface area is 102 Å². The van der Waals surface area contributed by atoms with Gasteiger partial charge in [-0.1, -0.05) is 26.2 Å². The number of hydrogen-bond donors (Lipinski definition) is 2. The van der Waals surface area contributed by atoms with Crippen molar-refractivity contribution >= 4 is 11.7 Å². The molecule has 1 rings (SSSR count). The molecule has 0 saturated carbocycles. The van der Waals surface area contributed by atoms with Gasteiger partial charge >= 0.3 is 0 Å². The smallest absolute Gasteiger partial charge is 0.272 e. The van der Waals surface area contributed by atoms with Crippen molar-refractivity contribution in [2.45, 2.75) is 45.6 Å². The maximum absolute atomic E-state index is 11.7. The lowest BCUT2D eigenvalue weighted by Crippen LogP contribution is -2.33. The summed E-state index contributed by atoms with van der Waals surface area (Å²) in [4.78, 5) is 11.7. The molecule has 0 aliphatic carbocycles. The molecule has 0 spiro atoms. The molecular formula is C12H20N4O. The fraction of sp³-hybridized carbons (Fsp3) is 0.583. The molecule has 1 unspecified atom stereocenters. The summed E-state index contributed by atoms with van der Waals surface area (Å²) in [7, 11) is 0. The van der Waals surface area contributed by atoms with Crippen molar-refractivity contribution in [1.29, 1.82) is 0 Å². The highest BCUT2D eigenvalue weighted by molar-refractivity contribution is 5.92. The van der Waals surface area contributed by atoms with Crippen LogP contribution in [0.5, 0.6) is 0 Å². The van der Waals surface area contributed by atoms with Gasteiger partial charge in [-0.15, -0.1) is 10.2 Å². The summed E-state index contributed by atoms with van der Waals surface area (Å²) in [6.07, 6.45) is 4.50. The first-order valence-corrected chi connectivity index (χ1v) is 6.03. The first-order valence-electron chi connectivity index (χ1n) is 6.03. The van der Waals surface area contributed by atoms with Crippen LogP contribution in [-0.2, 0) is 0 Å². The summed E-state index contributed by atoms with van der Waals surface area (Å²) in [6, 6.07) is 3.31. The molecule has 1 aromatic heterocycles. The van der Waals surface area contributed by atoms with Crippen LogP contribution in [0.25, 0.3) is 0 Å². The summed E-state index contributed by atoms with van der Waals surface area (Å²) in [5.41, 5.74) is 5.71. The number of rotatable bonds is 6. The van der Waals surface area contributed by atoms with Crippen molar-refractivity contribution in [3.63, 3.8) is 0 Å². The Kier molecular flexibility index (Phi) is 5.39. The van der Waals surface area contributed by atoms with Crippen LogP contribution in [0.3, 0.4) is 0 Å². The Hall–Kier alpha value is -1.65. The predicted molar refractivity (Wildman–Crippen MR) is 67.5 cm³/mol. The van der Waals surface area contributed by atoms with Crippen LogP contribution in [0.2, 0.25) is 0 Å². The van der Waals surface area contributed by atoms with E-state index in [0.29, 0.717) is 11.5 Å². The highest BCUT2D eigenvalue weighted by Gasteiger charge is 2.10. The minimum Gasteiger partial charge on any atom is -0.382 e. The van der Waals surface area contributed by atoms with Gasteiger partial charge in [-0.05, 0) is 25.5 Å². The van der Waals surface area contributed by atoms with Gasteiger partial charge in [0, 0.05) is 6.04 Å². The van der Waals surface area contributed by atoms with Gasteiger partial charge < -0.3 is 11.1 Å². The zero-order valence-corrected chi connectivity index (χ0v) is 10.4. The monoisotopic (exact) mass is 236 g/mol. The number of nitrogens with one attached hydrogen (secondary N) is 1. The lowest BCUT2D eigenvalue weighted by molar-refractivity contribution is 0.0932. The summed E-state index contributed by atoms with van der Waals surface area (Å²) >= 11 is 0. The summed E-state index contributed by atoms with van der Waals surface area (Å²) < 4.78 is 0. The summed E-state index contributed by atoms with van der Waals surface area (Å²) in [5.74, 6) is 0.124. The average molecular weight is 236 g/mol. The molecule has 0 fully saturated rings. The Bertz CT molecular complexity index is 350. The maximum atomic E-state index is 11.7. The van der Waals surface area contributed by atoms with Gasteiger partial charge in [0.25, 0.3) is 5.91 Å². The van der Waals surface area contributed by atoms with Crippen molar-refractivity contribution < 1.29 is 4.79 Å². The number of nitrogens with two attached hydrogens (primary N) is 1. The molecule has 17 heavy (non-hydrogen) atoms. The van der Waals surface area contributed by atoms with Crippen LogP contribution in [0.15, 0.2) is 12.1 Å². The Morgan fingerprint density at radius 1 is 1.41 bits per heavy atom. The molecule has 94 valence electrons. The van der Waals surface area contributed by atoms with Gasteiger partial charge in [-0.2, -0.15) is 0 Å². The van der Waals surface area contributed by atoms with Crippen LogP contribution in [0, 0.1) is 0 Å². The molecule has 0 aliphatic heterocycles. The summed E-state index contributed by atoms with van der Waals surface area (Å²) in [5, 5.41) is 10.3. The molecule has 1 aromatic rings. The van der Waals surface area contributed by atoms with Crippen molar-refractivity contribution in [3.8, 4) is 0 Å². The number of amides is 1. The Morgan fingerprint density at radius 3 is 2.76 bits per heavy atom. The third-order valence-corrected chi connectivity index (χ3v) is 2.54. The van der Waals surface area contributed by atoms with Crippen LogP contribution in [0.4, 0.5) is 5.82 Å². The highest BCUT2D eigenvalue weighted by Crippen LogP contribution is 2.04. The van der Waals surface area contributed by atoms with Gasteiger partial charge in [-0.25, -0.2) is 0 Å². The highest BCUT2D eigenvalue weighted by atomic mass is 16.2. The van der Waals surface area contributed by atoms with E-state index in [1.54, 1.807) is 12.1 Å². The maximum Gasteiger partial charge on any atom is 0.272 e. The average Bonchev–Trinajstić information content (AvgIpc) is 2.30. The molecule has 0 aromatic carbocycles. The molecule has 5 nitrogen and oxygen atoms in total. The molecule has 5 heteroatoms. The lowest BCUT2D eigenvalue weighted by atomic mass is 10.1. The quantitative estimate of drug-likeness (QED) is 0.737. The number of nitrogen functional groups attached to an aromatic ring is 1. The second-order valence-electron chi connectivity index (χ2n) is 4.21. The van der Waals surface area contributed by atoms with E-state index in [1.807, 2.05) is 6.92 Å². The largest absolute Gasteiger partial charge is 0.382 e. The van der Waals surface area contributed by atoms with E-state index >= 15 is 0 Å². The van der Waals surface area contributed by atoms with E-state index in [0.717, 1.165) is 12.8 Å². The number of unbranched alkanes of at least 4 members (excludes halogenated alkanes) is 2. The first-order chi connectivity index (χ1) is 8.13. The molecule has 1 heterocycles. The predicted octanol–water partition coefficient (Wildman–Crippen LogP) is 1.76. The van der Waals surface area contributed by atoms with E-state index in [2.05, 4.69) is 22.4 Å². The molecule has 1 amide bonds. The zero-order valence-electron chi connectivity index (χ0n) is 10.4. The van der Waals surface area contributed by atoms with E-state index in [9.17, 15) is 4.79 Å². The van der Waals surface area contributed by atoms with Gasteiger partial charge in [0.1, 0.15) is 5.82 Å². The SMILES string of the molecule is CCCCCC(C)NC(=O)c1ccc(N)nn1. The Balaban J connectivity index is 2.40. The first kappa shape index (κ1) is 13.4. The number of hydrogen-bond acceptors (Lipinski definition) is 4. The van der Waals surface area contributed by atoms with Gasteiger partial charge in [0.2, 0.25) is 0 Å². The fourth-order valence-corrected chi connectivity index (χ4v) is 1.53. The number of carbonyl (C=O) groups excluding carboxylic acids is 1. The van der Waals surface area contributed by atoms with Crippen molar-refractivity contribution in [1.82, 2.24) is 15.5 Å². The van der Waals surface area contributed by atoms with Crippen molar-refractivity contribution in [2.24, 2.45) is 0 Å². The number of nitrogens with zero attached hydrogens (tertiary/aromatic N) is 2. The van der Waals surface area contributed by atoms with Crippen LogP contribution >= 0.6 is 0 Å². The Morgan fingerprint density at radius 2 is 2.18 bits per heavy atom. The second-order valence-corrected chi connectivity index (χ2v) is 4.21. The normalized spacial score (nSPS) is 12.1. The zero-order chi connectivity index (χ0) is 12.7. The van der Waals surface area contributed by atoms with E-state index in [-0.39, 0.29) is 11.9 Å². The second kappa shape index (κ2) is 6.83. The molecule has 0 saturated heterocycles. The van der Waals surface area contributed by atoms with Gasteiger partial charge in [0.15, 0.2) is 5.69 Å². The minimum atomic E-state index is -0.193. The number of aromatic nitrogens is 2. The topological polar surface area (TPSA) is 80.9 Å². The van der Waals surface area contributed by atoms with E-state index in [4.69, 9.17) is 5.73 Å². The number of carbonyl (C=O) groups is 1. The third kappa shape index (κ3) is 4.80.